The van der Waals surface area contributed by atoms with Crippen molar-refractivity contribution in [2.24, 2.45) is 5.73 Å². The average molecular weight is 329 g/mol. The van der Waals surface area contributed by atoms with Crippen molar-refractivity contribution in [2.75, 3.05) is 6.54 Å². The van der Waals surface area contributed by atoms with Crippen LogP contribution in [0.4, 0.5) is 0 Å². The molecule has 1 aliphatic heterocycles. The van der Waals surface area contributed by atoms with Crippen molar-refractivity contribution in [3.05, 3.63) is 41.7 Å². The smallest absolute Gasteiger partial charge is 0.260 e. The number of nitrogens with two attached hydrogens (primary N) is 1. The molecule has 1 fully saturated rings. The van der Waals surface area contributed by atoms with Crippen LogP contribution in [0.3, 0.4) is 0 Å². The van der Waals surface area contributed by atoms with E-state index in [0.29, 0.717) is 30.6 Å². The van der Waals surface area contributed by atoms with E-state index in [1.807, 2.05) is 18.2 Å². The van der Waals surface area contributed by atoms with Gasteiger partial charge in [-0.3, -0.25) is 9.59 Å². The molecule has 2 atom stereocenters. The van der Waals surface area contributed by atoms with Crippen LogP contribution in [0, 0.1) is 0 Å². The molecule has 0 bridgehead atoms. The Morgan fingerprint density at radius 2 is 2.08 bits per heavy atom. The maximum Gasteiger partial charge on any atom is 0.260 e. The summed E-state index contributed by atoms with van der Waals surface area (Å²) < 4.78 is 5.22. The Hall–Kier alpha value is -2.67. The molecule has 7 nitrogen and oxygen atoms in total. The minimum absolute atomic E-state index is 0.0916. The minimum atomic E-state index is -0.997. The van der Waals surface area contributed by atoms with E-state index < -0.39 is 24.0 Å². The number of carbonyl (C=O) groups excluding carboxylic acids is 2. The largest absolute Gasteiger partial charge is 0.385 e. The number of aromatic nitrogens is 1. The van der Waals surface area contributed by atoms with Gasteiger partial charge >= 0.3 is 0 Å². The molecule has 2 aromatic rings. The number of hydrogen-bond acceptors (Lipinski definition) is 5. The molecule has 0 saturated carbocycles. The molecular formula is C17H19N3O4. The Bertz CT molecular complexity index is 754. The number of hydrogen-bond donors (Lipinski definition) is 2. The molecule has 0 aliphatic carbocycles. The van der Waals surface area contributed by atoms with E-state index in [4.69, 9.17) is 10.3 Å². The third kappa shape index (κ3) is 2.78. The summed E-state index contributed by atoms with van der Waals surface area (Å²) >= 11 is 0. The van der Waals surface area contributed by atoms with E-state index in [1.165, 1.54) is 11.8 Å². The van der Waals surface area contributed by atoms with Gasteiger partial charge in [-0.25, -0.2) is 0 Å². The molecule has 1 aliphatic rings. The van der Waals surface area contributed by atoms with Crippen molar-refractivity contribution in [1.82, 2.24) is 10.1 Å². The van der Waals surface area contributed by atoms with Gasteiger partial charge in [-0.2, -0.15) is 0 Å². The third-order valence-corrected chi connectivity index (χ3v) is 4.20. The van der Waals surface area contributed by atoms with E-state index >= 15 is 0 Å². The second-order valence-electron chi connectivity index (χ2n) is 5.87. The van der Waals surface area contributed by atoms with Crippen molar-refractivity contribution in [2.45, 2.75) is 31.9 Å². The maximum absolute atomic E-state index is 13.0. The molecule has 3 N–H and O–H groups in total. The van der Waals surface area contributed by atoms with Crippen molar-refractivity contribution in [3.63, 3.8) is 0 Å². The van der Waals surface area contributed by atoms with Crippen molar-refractivity contribution >= 4 is 11.8 Å². The summed E-state index contributed by atoms with van der Waals surface area (Å²) in [5.74, 6) is -0.835. The van der Waals surface area contributed by atoms with Gasteiger partial charge in [0.2, 0.25) is 5.91 Å². The topological polar surface area (TPSA) is 110 Å². The highest BCUT2D eigenvalue weighted by Crippen LogP contribution is 2.32. The standard InChI is InChI=1S/C17H19N3O4/c1-10(21)15-13(14(19-24-15)11-6-3-2-4-7-11)17(23)20-9-5-8-12(20)16(18)22/h2-4,6-7,10,12,21H,5,8-9H2,1H3,(H2,18,22)/t10-,12-/m0/s1. The number of rotatable bonds is 4. The van der Waals surface area contributed by atoms with E-state index in [0.717, 1.165) is 0 Å². The predicted octanol–water partition coefficient (Wildman–Crippen LogP) is 1.48. The Labute approximate surface area is 139 Å². The Kier molecular flexibility index (Phi) is 4.35. The summed E-state index contributed by atoms with van der Waals surface area (Å²) in [6.45, 7) is 1.94. The van der Waals surface area contributed by atoms with E-state index in [-0.39, 0.29) is 11.3 Å². The van der Waals surface area contributed by atoms with Crippen LogP contribution in [-0.4, -0.2) is 39.6 Å². The number of amides is 2. The van der Waals surface area contributed by atoms with Gasteiger partial charge in [0, 0.05) is 12.1 Å². The van der Waals surface area contributed by atoms with Gasteiger partial charge in [0.25, 0.3) is 5.91 Å². The normalized spacial score (nSPS) is 18.6. The van der Waals surface area contributed by atoms with Gasteiger partial charge in [-0.15, -0.1) is 0 Å². The van der Waals surface area contributed by atoms with Gasteiger partial charge in [-0.1, -0.05) is 35.5 Å². The summed E-state index contributed by atoms with van der Waals surface area (Å²) in [7, 11) is 0. The summed E-state index contributed by atoms with van der Waals surface area (Å²) in [6, 6.07) is 8.46. The summed E-state index contributed by atoms with van der Waals surface area (Å²) in [5.41, 5.74) is 6.64. The number of aliphatic hydroxyl groups is 1. The highest BCUT2D eigenvalue weighted by atomic mass is 16.5. The van der Waals surface area contributed by atoms with Gasteiger partial charge in [0.05, 0.1) is 0 Å². The van der Waals surface area contributed by atoms with Crippen molar-refractivity contribution < 1.29 is 19.2 Å². The minimum Gasteiger partial charge on any atom is -0.385 e. The monoisotopic (exact) mass is 329 g/mol. The highest BCUT2D eigenvalue weighted by molar-refractivity contribution is 6.03. The van der Waals surface area contributed by atoms with Gasteiger partial charge in [0.1, 0.15) is 23.4 Å². The molecule has 7 heteroatoms. The van der Waals surface area contributed by atoms with Crippen LogP contribution < -0.4 is 5.73 Å². The van der Waals surface area contributed by atoms with E-state index in [9.17, 15) is 14.7 Å². The van der Waals surface area contributed by atoms with Crippen LogP contribution in [0.5, 0.6) is 0 Å². The molecule has 0 radical (unpaired) electrons. The first-order valence-electron chi connectivity index (χ1n) is 7.84. The SMILES string of the molecule is C[C@H](O)c1onc(-c2ccccc2)c1C(=O)N1CCC[C@H]1C(N)=O. The Balaban J connectivity index is 2.07. The molecule has 2 heterocycles. The maximum atomic E-state index is 13.0. The second kappa shape index (κ2) is 6.45. The first-order valence-corrected chi connectivity index (χ1v) is 7.84. The van der Waals surface area contributed by atoms with Crippen molar-refractivity contribution in [3.8, 4) is 11.3 Å². The van der Waals surface area contributed by atoms with Crippen LogP contribution in [0.25, 0.3) is 11.3 Å². The number of nitrogens with zero attached hydrogens (tertiary/aromatic N) is 2. The second-order valence-corrected chi connectivity index (χ2v) is 5.87. The molecule has 1 aromatic carbocycles. The molecule has 24 heavy (non-hydrogen) atoms. The average Bonchev–Trinajstić information content (AvgIpc) is 3.22. The Morgan fingerprint density at radius 1 is 1.38 bits per heavy atom. The summed E-state index contributed by atoms with van der Waals surface area (Å²) in [4.78, 5) is 26.1. The quantitative estimate of drug-likeness (QED) is 0.883. The summed E-state index contributed by atoms with van der Waals surface area (Å²) in [5, 5.41) is 13.9. The van der Waals surface area contributed by atoms with Crippen LogP contribution in [0.1, 0.15) is 42.0 Å². The molecule has 2 amide bonds. The number of likely N-dealkylation sites (tertiary alicyclic amines) is 1. The molecule has 3 rings (SSSR count). The molecule has 126 valence electrons. The lowest BCUT2D eigenvalue weighted by Gasteiger charge is -2.22. The third-order valence-electron chi connectivity index (χ3n) is 4.20. The molecule has 0 spiro atoms. The first kappa shape index (κ1) is 16.2. The van der Waals surface area contributed by atoms with Gasteiger partial charge < -0.3 is 20.3 Å². The lowest BCUT2D eigenvalue weighted by atomic mass is 10.0. The molecular weight excluding hydrogens is 310 g/mol. The molecule has 1 aromatic heterocycles. The number of carbonyl (C=O) groups is 2. The highest BCUT2D eigenvalue weighted by Gasteiger charge is 2.37. The fourth-order valence-electron chi connectivity index (χ4n) is 3.04. The lowest BCUT2D eigenvalue weighted by Crippen LogP contribution is -2.44. The van der Waals surface area contributed by atoms with Gasteiger partial charge in [-0.05, 0) is 19.8 Å². The predicted molar refractivity (Wildman–Crippen MR) is 85.8 cm³/mol. The van der Waals surface area contributed by atoms with Crippen molar-refractivity contribution in [1.29, 1.82) is 0 Å². The molecule has 0 unspecified atom stereocenters. The molecule has 1 saturated heterocycles. The van der Waals surface area contributed by atoms with Crippen LogP contribution in [0.15, 0.2) is 34.9 Å². The van der Waals surface area contributed by atoms with Crippen LogP contribution >= 0.6 is 0 Å². The number of primary amides is 1. The fraction of sp³-hybridized carbons (Fsp3) is 0.353. The zero-order chi connectivity index (χ0) is 17.3. The van der Waals surface area contributed by atoms with Crippen LogP contribution in [0.2, 0.25) is 0 Å². The number of aliphatic hydroxyl groups excluding tert-OH is 1. The van der Waals surface area contributed by atoms with E-state index in [1.54, 1.807) is 12.1 Å². The summed E-state index contributed by atoms with van der Waals surface area (Å²) in [6.07, 6.45) is 0.246. The van der Waals surface area contributed by atoms with Crippen LogP contribution in [-0.2, 0) is 4.79 Å². The Morgan fingerprint density at radius 3 is 2.71 bits per heavy atom. The van der Waals surface area contributed by atoms with E-state index in [2.05, 4.69) is 5.16 Å². The first-order chi connectivity index (χ1) is 11.5. The zero-order valence-corrected chi connectivity index (χ0v) is 13.3. The number of benzene rings is 1. The lowest BCUT2D eigenvalue weighted by molar-refractivity contribution is -0.121. The van der Waals surface area contributed by atoms with Gasteiger partial charge in [0.15, 0.2) is 5.76 Å². The zero-order valence-electron chi connectivity index (χ0n) is 13.3. The fourth-order valence-corrected chi connectivity index (χ4v) is 3.04.